The van der Waals surface area contributed by atoms with Gasteiger partial charge in [0.05, 0.1) is 0 Å². The second kappa shape index (κ2) is 6.42. The van der Waals surface area contributed by atoms with E-state index in [2.05, 4.69) is 35.6 Å². The summed E-state index contributed by atoms with van der Waals surface area (Å²) >= 11 is 1.72. The Morgan fingerprint density at radius 3 is 2.65 bits per heavy atom. The number of nitrogens with two attached hydrogens (primary N) is 1. The minimum absolute atomic E-state index is 0.887. The highest BCUT2D eigenvalue weighted by atomic mass is 32.1. The molecule has 17 heavy (non-hydrogen) atoms. The first-order valence-electron chi connectivity index (χ1n) is 5.93. The molecule has 0 atom stereocenters. The summed E-state index contributed by atoms with van der Waals surface area (Å²) in [5.74, 6) is 0. The third-order valence-corrected chi connectivity index (χ3v) is 3.66. The second-order valence-corrected chi connectivity index (χ2v) is 5.07. The van der Waals surface area contributed by atoms with E-state index in [0.29, 0.717) is 0 Å². The van der Waals surface area contributed by atoms with Crippen molar-refractivity contribution in [1.82, 2.24) is 5.32 Å². The minimum atomic E-state index is 0.887. The van der Waals surface area contributed by atoms with Gasteiger partial charge in [0.25, 0.3) is 0 Å². The van der Waals surface area contributed by atoms with Crippen molar-refractivity contribution >= 4 is 17.0 Å². The van der Waals surface area contributed by atoms with E-state index in [1.165, 1.54) is 10.4 Å². The highest BCUT2D eigenvalue weighted by molar-refractivity contribution is 7.10. The number of benzene rings is 1. The predicted molar refractivity (Wildman–Crippen MR) is 75.2 cm³/mol. The number of aryl methyl sites for hydroxylation is 1. The van der Waals surface area contributed by atoms with Crippen molar-refractivity contribution < 1.29 is 0 Å². The van der Waals surface area contributed by atoms with Crippen LogP contribution in [0, 0.1) is 0 Å². The topological polar surface area (TPSA) is 38.0 Å². The van der Waals surface area contributed by atoms with E-state index in [1.807, 2.05) is 11.4 Å². The highest BCUT2D eigenvalue weighted by Gasteiger charge is 1.99. The van der Waals surface area contributed by atoms with E-state index in [-0.39, 0.29) is 0 Å². The fourth-order valence-electron chi connectivity index (χ4n) is 1.76. The Morgan fingerprint density at radius 1 is 1.12 bits per heavy atom. The van der Waals surface area contributed by atoms with Gasteiger partial charge in [0.15, 0.2) is 0 Å². The van der Waals surface area contributed by atoms with Crippen molar-refractivity contribution in [2.24, 2.45) is 0 Å². The zero-order chi connectivity index (χ0) is 11.9. The van der Waals surface area contributed by atoms with Crippen LogP contribution in [-0.2, 0) is 13.0 Å². The van der Waals surface area contributed by atoms with Crippen molar-refractivity contribution in [3.63, 3.8) is 0 Å². The smallest absolute Gasteiger partial charge is 0.0468 e. The lowest BCUT2D eigenvalue weighted by molar-refractivity contribution is 0.655. The molecule has 0 saturated carbocycles. The van der Waals surface area contributed by atoms with Crippen LogP contribution in [0.1, 0.15) is 16.9 Å². The number of nitrogen functional groups attached to an aromatic ring is 1. The number of rotatable bonds is 6. The van der Waals surface area contributed by atoms with Gasteiger partial charge in [-0.2, -0.15) is 0 Å². The number of anilines is 1. The lowest BCUT2D eigenvalue weighted by Gasteiger charge is -2.04. The van der Waals surface area contributed by atoms with Crippen molar-refractivity contribution in [1.29, 1.82) is 0 Å². The van der Waals surface area contributed by atoms with Gasteiger partial charge >= 0.3 is 0 Å². The molecule has 1 heterocycles. The summed E-state index contributed by atoms with van der Waals surface area (Å²) in [5, 5.41) is 5.47. The summed E-state index contributed by atoms with van der Waals surface area (Å²) in [4.78, 5) is 1.24. The molecule has 2 aromatic rings. The number of nitrogens with one attached hydrogen (secondary N) is 1. The van der Waals surface area contributed by atoms with E-state index < -0.39 is 0 Å². The van der Waals surface area contributed by atoms with Crippen LogP contribution < -0.4 is 11.1 Å². The molecule has 3 heteroatoms. The Kier molecular flexibility index (Phi) is 4.59. The van der Waals surface area contributed by atoms with Gasteiger partial charge in [0.2, 0.25) is 0 Å². The average molecular weight is 246 g/mol. The predicted octanol–water partition coefficient (Wildman–Crippen LogP) is 3.05. The Labute approximate surface area is 106 Å². The van der Waals surface area contributed by atoms with Crippen molar-refractivity contribution in [3.05, 3.63) is 52.2 Å². The molecule has 0 aliphatic heterocycles. The highest BCUT2D eigenvalue weighted by Crippen LogP contribution is 2.17. The van der Waals surface area contributed by atoms with E-state index in [0.717, 1.165) is 31.6 Å². The van der Waals surface area contributed by atoms with Gasteiger partial charge in [-0.3, -0.25) is 0 Å². The normalized spacial score (nSPS) is 10.6. The Balaban J connectivity index is 1.63. The standard InChI is InChI=1S/C14H18N2S/c15-13-8-10-17-14(13)11-16-9-4-7-12-5-2-1-3-6-12/h1-3,5-6,8,10,16H,4,7,9,11,15H2. The van der Waals surface area contributed by atoms with Gasteiger partial charge < -0.3 is 11.1 Å². The molecule has 0 radical (unpaired) electrons. The van der Waals surface area contributed by atoms with E-state index in [9.17, 15) is 0 Å². The van der Waals surface area contributed by atoms with Crippen molar-refractivity contribution in [2.45, 2.75) is 19.4 Å². The molecule has 2 nitrogen and oxygen atoms in total. The molecule has 0 unspecified atom stereocenters. The lowest BCUT2D eigenvalue weighted by Crippen LogP contribution is -2.15. The zero-order valence-corrected chi connectivity index (χ0v) is 10.7. The van der Waals surface area contributed by atoms with Crippen LogP contribution in [0.15, 0.2) is 41.8 Å². The molecule has 1 aromatic carbocycles. The van der Waals surface area contributed by atoms with E-state index >= 15 is 0 Å². The van der Waals surface area contributed by atoms with Crippen LogP contribution in [0.3, 0.4) is 0 Å². The maximum Gasteiger partial charge on any atom is 0.0468 e. The summed E-state index contributed by atoms with van der Waals surface area (Å²) in [6.45, 7) is 1.92. The maximum absolute atomic E-state index is 5.82. The largest absolute Gasteiger partial charge is 0.398 e. The fourth-order valence-corrected chi connectivity index (χ4v) is 2.53. The first-order chi connectivity index (χ1) is 8.36. The summed E-state index contributed by atoms with van der Waals surface area (Å²) < 4.78 is 0. The zero-order valence-electron chi connectivity index (χ0n) is 9.86. The summed E-state index contributed by atoms with van der Waals surface area (Å²) in [5.41, 5.74) is 8.13. The van der Waals surface area contributed by atoms with Crippen LogP contribution in [0.2, 0.25) is 0 Å². The van der Waals surface area contributed by atoms with E-state index in [1.54, 1.807) is 11.3 Å². The van der Waals surface area contributed by atoms with Crippen LogP contribution in [0.5, 0.6) is 0 Å². The molecular weight excluding hydrogens is 228 g/mol. The Bertz CT molecular complexity index is 436. The van der Waals surface area contributed by atoms with Gasteiger partial charge in [-0.05, 0) is 36.4 Å². The number of hydrogen-bond acceptors (Lipinski definition) is 3. The van der Waals surface area contributed by atoms with Crippen LogP contribution in [-0.4, -0.2) is 6.54 Å². The molecule has 0 aliphatic rings. The summed E-state index contributed by atoms with van der Waals surface area (Å²) in [7, 11) is 0. The third-order valence-electron chi connectivity index (χ3n) is 2.73. The molecular formula is C14H18N2S. The summed E-state index contributed by atoms with van der Waals surface area (Å²) in [6.07, 6.45) is 2.29. The molecule has 1 aromatic heterocycles. The lowest BCUT2D eigenvalue weighted by atomic mass is 10.1. The first kappa shape index (κ1) is 12.1. The second-order valence-electron chi connectivity index (χ2n) is 4.07. The average Bonchev–Trinajstić information content (AvgIpc) is 2.76. The van der Waals surface area contributed by atoms with Crippen molar-refractivity contribution in [3.8, 4) is 0 Å². The molecule has 90 valence electrons. The van der Waals surface area contributed by atoms with Gasteiger partial charge in [-0.1, -0.05) is 30.3 Å². The fraction of sp³-hybridized carbons (Fsp3) is 0.286. The van der Waals surface area contributed by atoms with E-state index in [4.69, 9.17) is 5.73 Å². The maximum atomic E-state index is 5.82. The Hall–Kier alpha value is -1.32. The molecule has 3 N–H and O–H groups in total. The number of thiophene rings is 1. The molecule has 0 bridgehead atoms. The molecule has 0 aliphatic carbocycles. The van der Waals surface area contributed by atoms with Gasteiger partial charge in [-0.25, -0.2) is 0 Å². The third kappa shape index (κ3) is 3.88. The van der Waals surface area contributed by atoms with Gasteiger partial charge in [0.1, 0.15) is 0 Å². The summed E-state index contributed by atoms with van der Waals surface area (Å²) in [6, 6.07) is 12.6. The SMILES string of the molecule is Nc1ccsc1CNCCCc1ccccc1. The van der Waals surface area contributed by atoms with Gasteiger partial charge in [0, 0.05) is 17.1 Å². The molecule has 0 saturated heterocycles. The molecule has 2 rings (SSSR count). The van der Waals surface area contributed by atoms with Crippen LogP contribution in [0.25, 0.3) is 0 Å². The number of hydrogen-bond donors (Lipinski definition) is 2. The van der Waals surface area contributed by atoms with Crippen molar-refractivity contribution in [2.75, 3.05) is 12.3 Å². The first-order valence-corrected chi connectivity index (χ1v) is 6.81. The van der Waals surface area contributed by atoms with Crippen LogP contribution in [0.4, 0.5) is 5.69 Å². The van der Waals surface area contributed by atoms with Crippen LogP contribution >= 0.6 is 11.3 Å². The molecule has 0 amide bonds. The van der Waals surface area contributed by atoms with Gasteiger partial charge in [-0.15, -0.1) is 11.3 Å². The molecule has 0 fully saturated rings. The Morgan fingerprint density at radius 2 is 1.94 bits per heavy atom. The molecule has 0 spiro atoms. The monoisotopic (exact) mass is 246 g/mol. The quantitative estimate of drug-likeness (QED) is 0.769. The minimum Gasteiger partial charge on any atom is -0.398 e.